The second kappa shape index (κ2) is 4.57. The van der Waals surface area contributed by atoms with E-state index in [1.165, 1.54) is 7.11 Å². The van der Waals surface area contributed by atoms with E-state index in [2.05, 4.69) is 4.98 Å². The first-order valence-electron chi connectivity index (χ1n) is 5.29. The Hall–Kier alpha value is -1.85. The van der Waals surface area contributed by atoms with Crippen molar-refractivity contribution in [2.45, 2.75) is 12.6 Å². The van der Waals surface area contributed by atoms with Crippen LogP contribution in [0.5, 0.6) is 5.88 Å². The van der Waals surface area contributed by atoms with Crippen molar-refractivity contribution in [2.24, 2.45) is 0 Å². The Morgan fingerprint density at radius 3 is 2.94 bits per heavy atom. The molecule has 1 aromatic heterocycles. The van der Waals surface area contributed by atoms with E-state index in [0.717, 1.165) is 0 Å². The van der Waals surface area contributed by atoms with E-state index >= 15 is 0 Å². The number of alkyl halides is 1. The molecule has 92 valence electrons. The first kappa shape index (κ1) is 11.6. The lowest BCUT2D eigenvalue weighted by atomic mass is 10.2. The van der Waals surface area contributed by atoms with Gasteiger partial charge in [-0.15, -0.1) is 0 Å². The molecular weight excluding hydrogens is 227 g/mol. The van der Waals surface area contributed by atoms with E-state index in [4.69, 9.17) is 9.84 Å². The molecule has 1 atom stereocenters. The van der Waals surface area contributed by atoms with Gasteiger partial charge < -0.3 is 14.7 Å². The summed E-state index contributed by atoms with van der Waals surface area (Å²) >= 11 is 0. The van der Waals surface area contributed by atoms with Crippen molar-refractivity contribution < 1.29 is 19.0 Å². The summed E-state index contributed by atoms with van der Waals surface area (Å²) < 4.78 is 18.0. The van der Waals surface area contributed by atoms with E-state index in [0.29, 0.717) is 18.7 Å². The lowest BCUT2D eigenvalue weighted by molar-refractivity contribution is 0.0690. The minimum Gasteiger partial charge on any atom is -0.481 e. The number of ether oxygens (including phenoxy) is 1. The van der Waals surface area contributed by atoms with Crippen molar-refractivity contribution in [1.29, 1.82) is 0 Å². The van der Waals surface area contributed by atoms with E-state index in [1.54, 1.807) is 17.0 Å². The number of carbonyl (C=O) groups is 1. The summed E-state index contributed by atoms with van der Waals surface area (Å²) in [5.41, 5.74) is 0.344. The van der Waals surface area contributed by atoms with Crippen LogP contribution in [-0.2, 0) is 0 Å². The summed E-state index contributed by atoms with van der Waals surface area (Å²) in [5, 5.41) is 9.07. The number of rotatable bonds is 3. The number of aromatic nitrogens is 1. The number of nitrogens with zero attached hydrogens (tertiary/aromatic N) is 2. The summed E-state index contributed by atoms with van der Waals surface area (Å²) in [7, 11) is 1.42. The smallest absolute Gasteiger partial charge is 0.356 e. The Morgan fingerprint density at radius 1 is 1.65 bits per heavy atom. The summed E-state index contributed by atoms with van der Waals surface area (Å²) in [6, 6.07) is 3.18. The van der Waals surface area contributed by atoms with Crippen molar-refractivity contribution >= 4 is 11.7 Å². The van der Waals surface area contributed by atoms with Gasteiger partial charge in [-0.1, -0.05) is 0 Å². The van der Waals surface area contributed by atoms with Crippen molar-refractivity contribution in [2.75, 3.05) is 25.1 Å². The lowest BCUT2D eigenvalue weighted by Crippen LogP contribution is -2.23. The summed E-state index contributed by atoms with van der Waals surface area (Å²) in [6.45, 7) is 0.726. The molecule has 1 aromatic rings. The molecule has 0 bridgehead atoms. The van der Waals surface area contributed by atoms with Gasteiger partial charge in [0.1, 0.15) is 6.17 Å². The minimum atomic E-state index is -1.14. The van der Waals surface area contributed by atoms with Crippen LogP contribution >= 0.6 is 0 Å². The third-order valence-corrected chi connectivity index (χ3v) is 2.73. The topological polar surface area (TPSA) is 62.7 Å². The third kappa shape index (κ3) is 2.30. The highest BCUT2D eigenvalue weighted by molar-refractivity contribution is 5.92. The van der Waals surface area contributed by atoms with Crippen molar-refractivity contribution in [3.8, 4) is 5.88 Å². The number of hydrogen-bond donors (Lipinski definition) is 1. The number of pyridine rings is 1. The number of methoxy groups -OCH3 is 1. The van der Waals surface area contributed by atoms with Crippen LogP contribution in [0.3, 0.4) is 0 Å². The maximum atomic E-state index is 13.1. The predicted octanol–water partition coefficient (Wildman–Crippen LogP) is 1.34. The maximum absolute atomic E-state index is 13.1. The number of halogens is 1. The zero-order valence-electron chi connectivity index (χ0n) is 9.39. The van der Waals surface area contributed by atoms with Gasteiger partial charge in [0.2, 0.25) is 5.88 Å². The van der Waals surface area contributed by atoms with Crippen molar-refractivity contribution in [3.05, 3.63) is 17.8 Å². The zero-order valence-corrected chi connectivity index (χ0v) is 9.39. The van der Waals surface area contributed by atoms with Crippen LogP contribution < -0.4 is 9.64 Å². The monoisotopic (exact) mass is 240 g/mol. The van der Waals surface area contributed by atoms with E-state index in [1.807, 2.05) is 0 Å². The normalized spacial score (nSPS) is 19.4. The fourth-order valence-corrected chi connectivity index (χ4v) is 1.90. The molecule has 1 unspecified atom stereocenters. The molecule has 1 aliphatic heterocycles. The van der Waals surface area contributed by atoms with Crippen LogP contribution in [0, 0.1) is 0 Å². The standard InChI is InChI=1S/C11H13FN2O3/c1-17-9-3-2-8(10(13-9)11(15)16)14-5-4-7(12)6-14/h2-3,7H,4-6H2,1H3,(H,15,16). The third-order valence-electron chi connectivity index (χ3n) is 2.73. The first-order valence-corrected chi connectivity index (χ1v) is 5.29. The Balaban J connectivity index is 2.35. The number of carboxylic acids is 1. The van der Waals surface area contributed by atoms with Crippen LogP contribution in [0.25, 0.3) is 0 Å². The Labute approximate surface area is 97.8 Å². The molecular formula is C11H13FN2O3. The highest BCUT2D eigenvalue weighted by Crippen LogP contribution is 2.26. The number of hydrogen-bond acceptors (Lipinski definition) is 4. The Bertz CT molecular complexity index is 439. The summed E-state index contributed by atoms with van der Waals surface area (Å²) in [5.74, 6) is -0.900. The molecule has 17 heavy (non-hydrogen) atoms. The van der Waals surface area contributed by atoms with Crippen LogP contribution in [0.2, 0.25) is 0 Å². The largest absolute Gasteiger partial charge is 0.481 e. The molecule has 0 aliphatic carbocycles. The van der Waals surface area contributed by atoms with Crippen LogP contribution in [0.1, 0.15) is 16.9 Å². The number of anilines is 1. The van der Waals surface area contributed by atoms with Gasteiger partial charge in [-0.05, 0) is 12.5 Å². The first-order chi connectivity index (χ1) is 8.11. The molecule has 6 heteroatoms. The van der Waals surface area contributed by atoms with Gasteiger partial charge in [0.15, 0.2) is 5.69 Å². The van der Waals surface area contributed by atoms with E-state index in [-0.39, 0.29) is 18.1 Å². The fourth-order valence-electron chi connectivity index (χ4n) is 1.90. The van der Waals surface area contributed by atoms with Crippen LogP contribution in [0.15, 0.2) is 12.1 Å². The van der Waals surface area contributed by atoms with Crippen LogP contribution in [-0.4, -0.2) is 42.4 Å². The number of carboxylic acid groups (broad SMARTS) is 1. The van der Waals surface area contributed by atoms with Crippen molar-refractivity contribution in [1.82, 2.24) is 4.98 Å². The van der Waals surface area contributed by atoms with Crippen LogP contribution in [0.4, 0.5) is 10.1 Å². The van der Waals surface area contributed by atoms with Gasteiger partial charge in [-0.3, -0.25) is 0 Å². The molecule has 2 heterocycles. The zero-order chi connectivity index (χ0) is 12.4. The molecule has 0 amide bonds. The second-order valence-corrected chi connectivity index (χ2v) is 3.86. The second-order valence-electron chi connectivity index (χ2n) is 3.86. The molecule has 5 nitrogen and oxygen atoms in total. The summed E-state index contributed by atoms with van der Waals surface area (Å²) in [4.78, 5) is 16.7. The van der Waals surface area contributed by atoms with E-state index < -0.39 is 12.1 Å². The van der Waals surface area contributed by atoms with Gasteiger partial charge in [0.05, 0.1) is 12.8 Å². The molecule has 1 fully saturated rings. The molecule has 0 saturated carbocycles. The van der Waals surface area contributed by atoms with Gasteiger partial charge in [0, 0.05) is 19.2 Å². The highest BCUT2D eigenvalue weighted by Gasteiger charge is 2.26. The molecule has 0 aromatic carbocycles. The minimum absolute atomic E-state index is 0.0987. The Kier molecular flexibility index (Phi) is 3.12. The quantitative estimate of drug-likeness (QED) is 0.863. The fraction of sp³-hybridized carbons (Fsp3) is 0.455. The SMILES string of the molecule is COc1ccc(N2CCC(F)C2)c(C(=O)O)n1. The van der Waals surface area contributed by atoms with Crippen molar-refractivity contribution in [3.63, 3.8) is 0 Å². The average molecular weight is 240 g/mol. The predicted molar refractivity (Wildman–Crippen MR) is 59.5 cm³/mol. The molecule has 1 aliphatic rings. The Morgan fingerprint density at radius 2 is 2.41 bits per heavy atom. The van der Waals surface area contributed by atoms with E-state index in [9.17, 15) is 9.18 Å². The van der Waals surface area contributed by atoms with Gasteiger partial charge in [-0.2, -0.15) is 0 Å². The average Bonchev–Trinajstić information content (AvgIpc) is 2.75. The molecule has 0 radical (unpaired) electrons. The molecule has 1 N–H and O–H groups in total. The summed E-state index contributed by atoms with van der Waals surface area (Å²) in [6.07, 6.45) is -0.482. The molecule has 2 rings (SSSR count). The lowest BCUT2D eigenvalue weighted by Gasteiger charge is -2.19. The number of aromatic carboxylic acids is 1. The maximum Gasteiger partial charge on any atom is 0.356 e. The van der Waals surface area contributed by atoms with Gasteiger partial charge >= 0.3 is 5.97 Å². The van der Waals surface area contributed by atoms with Gasteiger partial charge in [-0.25, -0.2) is 14.2 Å². The molecule has 1 saturated heterocycles. The molecule has 0 spiro atoms. The van der Waals surface area contributed by atoms with Gasteiger partial charge in [0.25, 0.3) is 0 Å². The highest BCUT2D eigenvalue weighted by atomic mass is 19.1.